The van der Waals surface area contributed by atoms with E-state index in [-0.39, 0.29) is 11.9 Å². The molecule has 100 valence electrons. The summed E-state index contributed by atoms with van der Waals surface area (Å²) in [6, 6.07) is 12.1. The van der Waals surface area contributed by atoms with E-state index >= 15 is 0 Å². The molecule has 2 rings (SSSR count). The first kappa shape index (κ1) is 13.8. The van der Waals surface area contributed by atoms with Gasteiger partial charge in [-0.15, -0.1) is 11.3 Å². The highest BCUT2D eigenvalue weighted by molar-refractivity contribution is 7.10. The van der Waals surface area contributed by atoms with Gasteiger partial charge in [0.05, 0.1) is 6.54 Å². The van der Waals surface area contributed by atoms with Gasteiger partial charge in [-0.05, 0) is 37.4 Å². The van der Waals surface area contributed by atoms with Gasteiger partial charge in [0.2, 0.25) is 5.91 Å². The maximum absolute atomic E-state index is 11.8. The third-order valence-corrected chi connectivity index (χ3v) is 3.93. The SMILES string of the molecule is Cc1ccc(NC(=O)CN[C@@H](C)c2cccs2)cc1. The molecule has 2 aromatic rings. The Labute approximate surface area is 117 Å². The van der Waals surface area contributed by atoms with E-state index in [0.29, 0.717) is 6.54 Å². The van der Waals surface area contributed by atoms with Crippen molar-refractivity contribution in [2.75, 3.05) is 11.9 Å². The maximum atomic E-state index is 11.8. The number of carbonyl (C=O) groups excluding carboxylic acids is 1. The summed E-state index contributed by atoms with van der Waals surface area (Å²) in [5.74, 6) is -0.0211. The Bertz CT molecular complexity index is 520. The van der Waals surface area contributed by atoms with Gasteiger partial charge >= 0.3 is 0 Å². The average Bonchev–Trinajstić information content (AvgIpc) is 2.93. The Balaban J connectivity index is 1.80. The second-order valence-electron chi connectivity index (χ2n) is 4.53. The smallest absolute Gasteiger partial charge is 0.238 e. The Kier molecular flexibility index (Phi) is 4.71. The summed E-state index contributed by atoms with van der Waals surface area (Å²) in [6.07, 6.45) is 0. The molecular weight excluding hydrogens is 256 g/mol. The first-order valence-corrected chi connectivity index (χ1v) is 7.16. The minimum atomic E-state index is -0.0211. The fourth-order valence-electron chi connectivity index (χ4n) is 1.73. The molecule has 0 aliphatic heterocycles. The first-order valence-electron chi connectivity index (χ1n) is 6.28. The third-order valence-electron chi connectivity index (χ3n) is 2.87. The zero-order chi connectivity index (χ0) is 13.7. The van der Waals surface area contributed by atoms with E-state index in [9.17, 15) is 4.79 Å². The van der Waals surface area contributed by atoms with Crippen LogP contribution in [-0.4, -0.2) is 12.5 Å². The number of thiophene rings is 1. The molecule has 0 aliphatic carbocycles. The summed E-state index contributed by atoms with van der Waals surface area (Å²) < 4.78 is 0. The summed E-state index contributed by atoms with van der Waals surface area (Å²) in [4.78, 5) is 13.0. The zero-order valence-corrected chi connectivity index (χ0v) is 12.0. The van der Waals surface area contributed by atoms with E-state index in [1.807, 2.05) is 42.6 Å². The van der Waals surface area contributed by atoms with Crippen LogP contribution in [0.25, 0.3) is 0 Å². The van der Waals surface area contributed by atoms with Gasteiger partial charge < -0.3 is 10.6 Å². The van der Waals surface area contributed by atoms with Crippen molar-refractivity contribution in [3.63, 3.8) is 0 Å². The van der Waals surface area contributed by atoms with Crippen LogP contribution in [0, 0.1) is 6.92 Å². The minimum absolute atomic E-state index is 0.0211. The molecule has 19 heavy (non-hydrogen) atoms. The molecule has 3 nitrogen and oxygen atoms in total. The number of carbonyl (C=O) groups is 1. The van der Waals surface area contributed by atoms with Crippen LogP contribution in [0.2, 0.25) is 0 Å². The minimum Gasteiger partial charge on any atom is -0.325 e. The van der Waals surface area contributed by atoms with Crippen molar-refractivity contribution >= 4 is 22.9 Å². The van der Waals surface area contributed by atoms with Gasteiger partial charge in [0.25, 0.3) is 0 Å². The van der Waals surface area contributed by atoms with E-state index in [4.69, 9.17) is 0 Å². The van der Waals surface area contributed by atoms with Gasteiger partial charge in [0.1, 0.15) is 0 Å². The summed E-state index contributed by atoms with van der Waals surface area (Å²) in [5, 5.41) is 8.13. The number of nitrogens with one attached hydrogen (secondary N) is 2. The normalized spacial score (nSPS) is 12.1. The first-order chi connectivity index (χ1) is 9.15. The van der Waals surface area contributed by atoms with E-state index < -0.39 is 0 Å². The fourth-order valence-corrected chi connectivity index (χ4v) is 2.48. The van der Waals surface area contributed by atoms with Crippen LogP contribution in [-0.2, 0) is 4.79 Å². The summed E-state index contributed by atoms with van der Waals surface area (Å²) >= 11 is 1.69. The lowest BCUT2D eigenvalue weighted by Gasteiger charge is -2.12. The largest absolute Gasteiger partial charge is 0.325 e. The molecule has 0 aliphatic rings. The van der Waals surface area contributed by atoms with Crippen LogP contribution in [0.15, 0.2) is 41.8 Å². The molecule has 0 unspecified atom stereocenters. The molecule has 4 heteroatoms. The summed E-state index contributed by atoms with van der Waals surface area (Å²) in [6.45, 7) is 4.40. The predicted molar refractivity (Wildman–Crippen MR) is 80.5 cm³/mol. The lowest BCUT2D eigenvalue weighted by Crippen LogP contribution is -2.29. The van der Waals surface area contributed by atoms with Crippen LogP contribution in [0.5, 0.6) is 0 Å². The second-order valence-corrected chi connectivity index (χ2v) is 5.51. The van der Waals surface area contributed by atoms with E-state index in [0.717, 1.165) is 5.69 Å². The van der Waals surface area contributed by atoms with Crippen LogP contribution in [0.4, 0.5) is 5.69 Å². The van der Waals surface area contributed by atoms with Crippen molar-refractivity contribution in [1.29, 1.82) is 0 Å². The molecule has 2 N–H and O–H groups in total. The van der Waals surface area contributed by atoms with Gasteiger partial charge in [-0.1, -0.05) is 23.8 Å². The molecule has 1 aromatic carbocycles. The second kappa shape index (κ2) is 6.50. The Hall–Kier alpha value is -1.65. The van der Waals surface area contributed by atoms with Crippen molar-refractivity contribution in [3.05, 3.63) is 52.2 Å². The highest BCUT2D eigenvalue weighted by Crippen LogP contribution is 2.17. The van der Waals surface area contributed by atoms with E-state index in [1.54, 1.807) is 11.3 Å². The molecule has 0 bridgehead atoms. The number of rotatable bonds is 5. The van der Waals surface area contributed by atoms with Crippen molar-refractivity contribution in [2.24, 2.45) is 0 Å². The number of aryl methyl sites for hydroxylation is 1. The number of anilines is 1. The Morgan fingerprint density at radius 2 is 2.00 bits per heavy atom. The maximum Gasteiger partial charge on any atom is 0.238 e. The van der Waals surface area contributed by atoms with E-state index in [2.05, 4.69) is 23.6 Å². The number of hydrogen-bond donors (Lipinski definition) is 2. The molecule has 1 amide bonds. The topological polar surface area (TPSA) is 41.1 Å². The molecule has 0 radical (unpaired) electrons. The van der Waals surface area contributed by atoms with Gasteiger partial charge in [-0.3, -0.25) is 4.79 Å². The van der Waals surface area contributed by atoms with Crippen molar-refractivity contribution < 1.29 is 4.79 Å². The van der Waals surface area contributed by atoms with Crippen LogP contribution >= 0.6 is 11.3 Å². The number of benzene rings is 1. The van der Waals surface area contributed by atoms with Crippen molar-refractivity contribution in [3.8, 4) is 0 Å². The Morgan fingerprint density at radius 3 is 2.63 bits per heavy atom. The van der Waals surface area contributed by atoms with E-state index in [1.165, 1.54) is 10.4 Å². The summed E-state index contributed by atoms with van der Waals surface area (Å²) in [7, 11) is 0. The molecular formula is C15H18N2OS. The molecule has 0 saturated carbocycles. The lowest BCUT2D eigenvalue weighted by molar-refractivity contribution is -0.115. The summed E-state index contributed by atoms with van der Waals surface area (Å²) in [5.41, 5.74) is 2.02. The average molecular weight is 274 g/mol. The zero-order valence-electron chi connectivity index (χ0n) is 11.1. The molecule has 1 aromatic heterocycles. The van der Waals surface area contributed by atoms with Gasteiger partial charge in [0.15, 0.2) is 0 Å². The molecule has 0 saturated heterocycles. The van der Waals surface area contributed by atoms with Crippen molar-refractivity contribution in [1.82, 2.24) is 5.32 Å². The highest BCUT2D eigenvalue weighted by Gasteiger charge is 2.08. The fraction of sp³-hybridized carbons (Fsp3) is 0.267. The number of hydrogen-bond acceptors (Lipinski definition) is 3. The van der Waals surface area contributed by atoms with Gasteiger partial charge in [-0.25, -0.2) is 0 Å². The highest BCUT2D eigenvalue weighted by atomic mass is 32.1. The molecule has 0 spiro atoms. The predicted octanol–water partition coefficient (Wildman–Crippen LogP) is 3.35. The monoisotopic (exact) mass is 274 g/mol. The van der Waals surface area contributed by atoms with Crippen LogP contribution in [0.3, 0.4) is 0 Å². The van der Waals surface area contributed by atoms with Gasteiger partial charge in [0, 0.05) is 16.6 Å². The lowest BCUT2D eigenvalue weighted by atomic mass is 10.2. The standard InChI is InChI=1S/C15H18N2OS/c1-11-5-7-13(8-6-11)17-15(18)10-16-12(2)14-4-3-9-19-14/h3-9,12,16H,10H2,1-2H3,(H,17,18)/t12-/m0/s1. The third kappa shape index (κ3) is 4.19. The quantitative estimate of drug-likeness (QED) is 0.878. The molecule has 0 fully saturated rings. The van der Waals surface area contributed by atoms with Crippen LogP contribution in [0.1, 0.15) is 23.4 Å². The molecule has 1 heterocycles. The van der Waals surface area contributed by atoms with Crippen molar-refractivity contribution in [2.45, 2.75) is 19.9 Å². The van der Waals surface area contributed by atoms with Crippen LogP contribution < -0.4 is 10.6 Å². The number of amides is 1. The Morgan fingerprint density at radius 1 is 1.26 bits per heavy atom. The van der Waals surface area contributed by atoms with Gasteiger partial charge in [-0.2, -0.15) is 0 Å². The molecule has 1 atom stereocenters.